The molecule has 1 aliphatic rings. The summed E-state index contributed by atoms with van der Waals surface area (Å²) >= 11 is 0. The van der Waals surface area contributed by atoms with Crippen LogP contribution in [0.2, 0.25) is 0 Å². The second-order valence-corrected chi connectivity index (χ2v) is 4.67. The van der Waals surface area contributed by atoms with Gasteiger partial charge in [-0.25, -0.2) is 0 Å². The van der Waals surface area contributed by atoms with Gasteiger partial charge in [0.05, 0.1) is 5.56 Å². The van der Waals surface area contributed by atoms with Crippen LogP contribution in [0.15, 0.2) is 36.5 Å². The largest absolute Gasteiger partial charge is 0.433 e. The van der Waals surface area contributed by atoms with Crippen LogP contribution in [-0.2, 0) is 0 Å². The third-order valence-corrected chi connectivity index (χ3v) is 3.28. The summed E-state index contributed by atoms with van der Waals surface area (Å²) in [5.74, 6) is 1.00. The quantitative estimate of drug-likeness (QED) is 0.629. The first-order valence-electron chi connectivity index (χ1n) is 5.95. The van der Waals surface area contributed by atoms with Gasteiger partial charge in [-0.1, -0.05) is 6.07 Å². The molecule has 0 radical (unpaired) electrons. The molecular weight excluding hydrogens is 210 g/mol. The molecule has 2 aromatic rings. The minimum absolute atomic E-state index is 0.0555. The molecule has 1 aromatic heterocycles. The molecule has 0 amide bonds. The molecule has 2 heteroatoms. The standard InChI is InChI=1S/C15H16NO/c1-10-8-11(2)15-13-6-4-5-7-16(13)12(3)17-14(15)9-10/h4-9,12H,1-3H3/q+1/t12-/m0/s1. The van der Waals surface area contributed by atoms with Gasteiger partial charge in [-0.2, -0.15) is 4.57 Å². The fraction of sp³-hybridized carbons (Fsp3) is 0.267. The van der Waals surface area contributed by atoms with Crippen molar-refractivity contribution >= 4 is 0 Å². The lowest BCUT2D eigenvalue weighted by atomic mass is 9.99. The van der Waals surface area contributed by atoms with Crippen LogP contribution in [0.1, 0.15) is 24.3 Å². The topological polar surface area (TPSA) is 13.1 Å². The zero-order valence-corrected chi connectivity index (χ0v) is 10.4. The molecule has 3 rings (SSSR count). The zero-order valence-electron chi connectivity index (χ0n) is 10.4. The summed E-state index contributed by atoms with van der Waals surface area (Å²) in [6.07, 6.45) is 2.13. The summed E-state index contributed by atoms with van der Waals surface area (Å²) in [7, 11) is 0. The molecule has 0 N–H and O–H groups in total. The van der Waals surface area contributed by atoms with E-state index >= 15 is 0 Å². The maximum atomic E-state index is 5.98. The molecule has 1 atom stereocenters. The highest BCUT2D eigenvalue weighted by molar-refractivity contribution is 5.70. The average Bonchev–Trinajstić information content (AvgIpc) is 2.28. The lowest BCUT2D eigenvalue weighted by Gasteiger charge is -2.22. The Morgan fingerprint density at radius 3 is 2.82 bits per heavy atom. The molecule has 0 fully saturated rings. The molecule has 2 heterocycles. The second kappa shape index (κ2) is 3.59. The normalized spacial score (nSPS) is 17.0. The first-order valence-corrected chi connectivity index (χ1v) is 5.95. The number of aromatic nitrogens is 1. The Morgan fingerprint density at radius 2 is 2.00 bits per heavy atom. The lowest BCUT2D eigenvalue weighted by molar-refractivity contribution is -0.743. The number of hydrogen-bond donors (Lipinski definition) is 0. The maximum absolute atomic E-state index is 5.98. The summed E-state index contributed by atoms with van der Waals surface area (Å²) < 4.78 is 8.15. The molecule has 0 saturated carbocycles. The molecular formula is C15H16NO+. The highest BCUT2D eigenvalue weighted by Gasteiger charge is 2.30. The predicted octanol–water partition coefficient (Wildman–Crippen LogP) is 3.17. The van der Waals surface area contributed by atoms with Crippen molar-refractivity contribution in [1.82, 2.24) is 0 Å². The molecule has 1 aromatic carbocycles. The third-order valence-electron chi connectivity index (χ3n) is 3.28. The van der Waals surface area contributed by atoms with E-state index in [-0.39, 0.29) is 6.23 Å². The van der Waals surface area contributed by atoms with Crippen molar-refractivity contribution in [3.8, 4) is 17.0 Å². The van der Waals surface area contributed by atoms with E-state index < -0.39 is 0 Å². The molecule has 1 aliphatic heterocycles. The monoisotopic (exact) mass is 226 g/mol. The van der Waals surface area contributed by atoms with Gasteiger partial charge in [0, 0.05) is 19.1 Å². The van der Waals surface area contributed by atoms with Crippen molar-refractivity contribution in [2.75, 3.05) is 0 Å². The van der Waals surface area contributed by atoms with Gasteiger partial charge < -0.3 is 4.74 Å². The molecule has 0 spiro atoms. The van der Waals surface area contributed by atoms with Crippen LogP contribution >= 0.6 is 0 Å². The van der Waals surface area contributed by atoms with E-state index in [4.69, 9.17) is 4.74 Å². The number of benzene rings is 1. The van der Waals surface area contributed by atoms with E-state index in [1.54, 1.807) is 0 Å². The van der Waals surface area contributed by atoms with Gasteiger partial charge in [0.1, 0.15) is 5.75 Å². The van der Waals surface area contributed by atoms with Gasteiger partial charge in [-0.05, 0) is 37.1 Å². The summed E-state index contributed by atoms with van der Waals surface area (Å²) in [5.41, 5.74) is 4.97. The Morgan fingerprint density at radius 1 is 1.18 bits per heavy atom. The highest BCUT2D eigenvalue weighted by atomic mass is 16.5. The van der Waals surface area contributed by atoms with Gasteiger partial charge in [0.25, 0.3) is 6.23 Å². The molecule has 0 unspecified atom stereocenters. The molecule has 0 bridgehead atoms. The number of fused-ring (bicyclic) bond motifs is 3. The summed E-state index contributed by atoms with van der Waals surface area (Å²) in [6, 6.07) is 10.6. The highest BCUT2D eigenvalue weighted by Crippen LogP contribution is 2.37. The Balaban J connectivity index is 2.33. The van der Waals surface area contributed by atoms with Crippen molar-refractivity contribution in [3.05, 3.63) is 47.7 Å². The van der Waals surface area contributed by atoms with Crippen LogP contribution in [-0.4, -0.2) is 0 Å². The molecule has 0 aliphatic carbocycles. The summed E-state index contributed by atoms with van der Waals surface area (Å²) in [6.45, 7) is 6.32. The average molecular weight is 226 g/mol. The van der Waals surface area contributed by atoms with Crippen LogP contribution in [0.3, 0.4) is 0 Å². The number of hydrogen-bond acceptors (Lipinski definition) is 1. The number of rotatable bonds is 0. The second-order valence-electron chi connectivity index (χ2n) is 4.67. The Kier molecular flexibility index (Phi) is 2.18. The van der Waals surface area contributed by atoms with E-state index in [0.717, 1.165) is 5.75 Å². The zero-order chi connectivity index (χ0) is 12.0. The minimum Gasteiger partial charge on any atom is -0.433 e. The smallest absolute Gasteiger partial charge is 0.299 e. The SMILES string of the molecule is Cc1cc(C)c2c(c1)O[C@@H](C)[n+]1ccccc1-2. The number of ether oxygens (including phenoxy) is 1. The minimum atomic E-state index is 0.0555. The van der Waals surface area contributed by atoms with Gasteiger partial charge in [0.2, 0.25) is 5.69 Å². The maximum Gasteiger partial charge on any atom is 0.299 e. The van der Waals surface area contributed by atoms with Gasteiger partial charge in [-0.15, -0.1) is 0 Å². The van der Waals surface area contributed by atoms with Crippen molar-refractivity contribution in [1.29, 1.82) is 0 Å². The van der Waals surface area contributed by atoms with Crippen LogP contribution in [0.25, 0.3) is 11.3 Å². The van der Waals surface area contributed by atoms with Gasteiger partial charge in [0.15, 0.2) is 6.20 Å². The van der Waals surface area contributed by atoms with Crippen molar-refractivity contribution < 1.29 is 9.30 Å². The predicted molar refractivity (Wildman–Crippen MR) is 66.9 cm³/mol. The molecule has 17 heavy (non-hydrogen) atoms. The summed E-state index contributed by atoms with van der Waals surface area (Å²) in [5, 5.41) is 0. The van der Waals surface area contributed by atoms with Crippen LogP contribution in [0.4, 0.5) is 0 Å². The van der Waals surface area contributed by atoms with Crippen LogP contribution in [0.5, 0.6) is 5.75 Å². The molecule has 2 nitrogen and oxygen atoms in total. The van der Waals surface area contributed by atoms with Crippen molar-refractivity contribution in [3.63, 3.8) is 0 Å². The van der Waals surface area contributed by atoms with Gasteiger partial charge >= 0.3 is 0 Å². The van der Waals surface area contributed by atoms with E-state index in [1.807, 2.05) is 6.07 Å². The van der Waals surface area contributed by atoms with E-state index in [0.29, 0.717) is 0 Å². The van der Waals surface area contributed by atoms with E-state index in [9.17, 15) is 0 Å². The Hall–Kier alpha value is -1.83. The van der Waals surface area contributed by atoms with Crippen LogP contribution in [0, 0.1) is 13.8 Å². The number of nitrogens with zero attached hydrogens (tertiary/aromatic N) is 1. The van der Waals surface area contributed by atoms with Crippen molar-refractivity contribution in [2.24, 2.45) is 0 Å². The summed E-state index contributed by atoms with van der Waals surface area (Å²) in [4.78, 5) is 0. The number of aryl methyl sites for hydroxylation is 2. The first kappa shape index (κ1) is 10.3. The first-order chi connectivity index (χ1) is 8.16. The van der Waals surface area contributed by atoms with Crippen LogP contribution < -0.4 is 9.30 Å². The fourth-order valence-electron chi connectivity index (χ4n) is 2.58. The van der Waals surface area contributed by atoms with E-state index in [1.165, 1.54) is 22.4 Å². The molecule has 0 saturated heterocycles. The number of pyridine rings is 1. The lowest BCUT2D eigenvalue weighted by Crippen LogP contribution is -2.45. The Bertz CT molecular complexity index is 589. The van der Waals surface area contributed by atoms with Gasteiger partial charge in [-0.3, -0.25) is 0 Å². The fourth-order valence-corrected chi connectivity index (χ4v) is 2.58. The third kappa shape index (κ3) is 1.52. The van der Waals surface area contributed by atoms with E-state index in [2.05, 4.69) is 55.8 Å². The van der Waals surface area contributed by atoms with Crippen molar-refractivity contribution in [2.45, 2.75) is 27.0 Å². The Labute approximate surface area is 101 Å². The molecule has 86 valence electrons.